The van der Waals surface area contributed by atoms with Crippen molar-refractivity contribution in [1.29, 1.82) is 0 Å². The Morgan fingerprint density at radius 3 is 2.43 bits per heavy atom. The van der Waals surface area contributed by atoms with E-state index in [0.717, 1.165) is 15.7 Å². The second kappa shape index (κ2) is 5.54. The maximum atomic E-state index is 6.19. The zero-order valence-electron chi connectivity index (χ0n) is 11.9. The van der Waals surface area contributed by atoms with E-state index in [9.17, 15) is 0 Å². The lowest BCUT2D eigenvalue weighted by Gasteiger charge is -2.13. The van der Waals surface area contributed by atoms with Gasteiger partial charge in [0, 0.05) is 10.0 Å². The maximum Gasteiger partial charge on any atom is 0.178 e. The van der Waals surface area contributed by atoms with E-state index < -0.39 is 0 Å². The molecule has 0 bridgehead atoms. The van der Waals surface area contributed by atoms with Gasteiger partial charge in [-0.05, 0) is 30.2 Å². The van der Waals surface area contributed by atoms with Crippen molar-refractivity contribution in [2.75, 3.05) is 0 Å². The number of benzene rings is 1. The zero-order chi connectivity index (χ0) is 15.0. The molecule has 2 N–H and O–H groups in total. The van der Waals surface area contributed by atoms with Crippen LogP contribution in [0.3, 0.4) is 0 Å². The van der Waals surface area contributed by atoms with Gasteiger partial charge in [0.15, 0.2) is 11.5 Å². The fraction of sp³-hybridized carbons (Fsp3) is 0.267. The first-order valence-corrected chi connectivity index (χ1v) is 7.59. The smallest absolute Gasteiger partial charge is 0.178 e. The average Bonchev–Trinajstić information content (AvgIpc) is 2.90. The Balaban J connectivity index is 2.10. The number of hydrogen-bond donors (Lipinski definition) is 1. The van der Waals surface area contributed by atoms with Crippen LogP contribution in [0.4, 0.5) is 0 Å². The molecule has 108 valence electrons. The summed E-state index contributed by atoms with van der Waals surface area (Å²) >= 11 is 3.44. The third-order valence-corrected chi connectivity index (χ3v) is 3.97. The van der Waals surface area contributed by atoms with E-state index in [2.05, 4.69) is 45.1 Å². The highest BCUT2D eigenvalue weighted by Gasteiger charge is 2.18. The van der Waals surface area contributed by atoms with E-state index >= 15 is 0 Å². The van der Waals surface area contributed by atoms with Crippen molar-refractivity contribution in [2.45, 2.75) is 19.9 Å². The number of rotatable bonds is 3. The number of halogens is 1. The number of nitrogens with two attached hydrogens (primary N) is 1. The lowest BCUT2D eigenvalue weighted by atomic mass is 10.1. The van der Waals surface area contributed by atoms with E-state index in [0.29, 0.717) is 11.5 Å². The summed E-state index contributed by atoms with van der Waals surface area (Å²) < 4.78 is 2.78. The highest BCUT2D eigenvalue weighted by Crippen LogP contribution is 2.22. The van der Waals surface area contributed by atoms with E-state index in [1.807, 2.05) is 36.4 Å². The molecule has 2 heterocycles. The molecule has 2 aromatic heterocycles. The molecule has 5 nitrogen and oxygen atoms in total. The van der Waals surface area contributed by atoms with Crippen LogP contribution in [0.2, 0.25) is 0 Å². The van der Waals surface area contributed by atoms with Crippen molar-refractivity contribution in [3.05, 3.63) is 46.7 Å². The van der Waals surface area contributed by atoms with Gasteiger partial charge in [-0.3, -0.25) is 0 Å². The second-order valence-electron chi connectivity index (χ2n) is 5.32. The van der Waals surface area contributed by atoms with Gasteiger partial charge in [-0.25, -0.2) is 0 Å². The van der Waals surface area contributed by atoms with Crippen LogP contribution < -0.4 is 5.73 Å². The standard InChI is InChI=1S/C15H16BrN5/c1-9(2)14(17)15-19-18-13-8-7-12(20-21(13)15)10-3-5-11(16)6-4-10/h3-9,14H,17H2,1-2H3. The van der Waals surface area contributed by atoms with Gasteiger partial charge in [0.05, 0.1) is 11.7 Å². The van der Waals surface area contributed by atoms with Gasteiger partial charge in [-0.2, -0.15) is 9.61 Å². The van der Waals surface area contributed by atoms with Gasteiger partial charge in [0.25, 0.3) is 0 Å². The molecule has 0 aliphatic carbocycles. The minimum atomic E-state index is -0.187. The predicted molar refractivity (Wildman–Crippen MR) is 85.7 cm³/mol. The molecule has 3 rings (SSSR count). The molecule has 0 saturated heterocycles. The molecule has 0 aliphatic rings. The minimum Gasteiger partial charge on any atom is -0.321 e. The summed E-state index contributed by atoms with van der Waals surface area (Å²) in [5, 5.41) is 13.0. The normalized spacial score (nSPS) is 13.0. The van der Waals surface area contributed by atoms with Crippen molar-refractivity contribution < 1.29 is 0 Å². The fourth-order valence-corrected chi connectivity index (χ4v) is 2.35. The quantitative estimate of drug-likeness (QED) is 0.791. The summed E-state index contributed by atoms with van der Waals surface area (Å²) in [5.41, 5.74) is 8.80. The van der Waals surface area contributed by atoms with Gasteiger partial charge >= 0.3 is 0 Å². The molecule has 0 fully saturated rings. The summed E-state index contributed by atoms with van der Waals surface area (Å²) in [6, 6.07) is 11.7. The monoisotopic (exact) mass is 345 g/mol. The molecule has 0 amide bonds. The predicted octanol–water partition coefficient (Wildman–Crippen LogP) is 3.21. The average molecular weight is 346 g/mol. The Hall–Kier alpha value is -1.79. The third-order valence-electron chi connectivity index (χ3n) is 3.44. The topological polar surface area (TPSA) is 69.1 Å². The van der Waals surface area contributed by atoms with Crippen LogP contribution in [0, 0.1) is 5.92 Å². The summed E-state index contributed by atoms with van der Waals surface area (Å²) in [6.45, 7) is 4.12. The Kier molecular flexibility index (Phi) is 3.73. The molecule has 0 aliphatic heterocycles. The Labute approximate surface area is 131 Å². The SMILES string of the molecule is CC(C)C(N)c1nnc2ccc(-c3ccc(Br)cc3)nn12. The van der Waals surface area contributed by atoms with Crippen LogP contribution in [0.5, 0.6) is 0 Å². The summed E-state index contributed by atoms with van der Waals surface area (Å²) in [4.78, 5) is 0. The van der Waals surface area contributed by atoms with Gasteiger partial charge in [0.1, 0.15) is 0 Å². The van der Waals surface area contributed by atoms with E-state index in [1.165, 1.54) is 0 Å². The molecule has 1 aromatic carbocycles. The lowest BCUT2D eigenvalue weighted by molar-refractivity contribution is 0.480. The highest BCUT2D eigenvalue weighted by molar-refractivity contribution is 9.10. The minimum absolute atomic E-state index is 0.187. The van der Waals surface area contributed by atoms with E-state index in [-0.39, 0.29) is 12.0 Å². The first-order valence-electron chi connectivity index (χ1n) is 6.80. The molecule has 21 heavy (non-hydrogen) atoms. The van der Waals surface area contributed by atoms with Crippen LogP contribution in [0.1, 0.15) is 25.7 Å². The molecule has 0 radical (unpaired) electrons. The largest absolute Gasteiger partial charge is 0.321 e. The number of fused-ring (bicyclic) bond motifs is 1. The Morgan fingerprint density at radius 1 is 1.05 bits per heavy atom. The van der Waals surface area contributed by atoms with Gasteiger partial charge < -0.3 is 5.73 Å². The zero-order valence-corrected chi connectivity index (χ0v) is 13.4. The lowest BCUT2D eigenvalue weighted by Crippen LogP contribution is -2.20. The van der Waals surface area contributed by atoms with Gasteiger partial charge in [-0.1, -0.05) is 41.9 Å². The van der Waals surface area contributed by atoms with Crippen LogP contribution >= 0.6 is 15.9 Å². The summed E-state index contributed by atoms with van der Waals surface area (Å²) in [7, 11) is 0. The molecule has 0 saturated carbocycles. The molecule has 0 spiro atoms. The Morgan fingerprint density at radius 2 is 1.76 bits per heavy atom. The molecule has 1 atom stereocenters. The van der Waals surface area contributed by atoms with Crippen molar-refractivity contribution in [3.8, 4) is 11.3 Å². The first-order chi connectivity index (χ1) is 10.1. The van der Waals surface area contributed by atoms with Gasteiger partial charge in [-0.15, -0.1) is 10.2 Å². The van der Waals surface area contributed by atoms with Crippen molar-refractivity contribution in [1.82, 2.24) is 19.8 Å². The van der Waals surface area contributed by atoms with Gasteiger partial charge in [0.2, 0.25) is 0 Å². The first kappa shape index (κ1) is 14.2. The molecular formula is C15H16BrN5. The highest BCUT2D eigenvalue weighted by atomic mass is 79.9. The van der Waals surface area contributed by atoms with Crippen LogP contribution in [-0.4, -0.2) is 19.8 Å². The maximum absolute atomic E-state index is 6.19. The fourth-order valence-electron chi connectivity index (χ4n) is 2.09. The number of aromatic nitrogens is 4. The van der Waals surface area contributed by atoms with E-state index in [1.54, 1.807) is 4.52 Å². The van der Waals surface area contributed by atoms with Crippen LogP contribution in [-0.2, 0) is 0 Å². The number of hydrogen-bond acceptors (Lipinski definition) is 4. The van der Waals surface area contributed by atoms with E-state index in [4.69, 9.17) is 5.73 Å². The van der Waals surface area contributed by atoms with Crippen molar-refractivity contribution in [3.63, 3.8) is 0 Å². The second-order valence-corrected chi connectivity index (χ2v) is 6.24. The van der Waals surface area contributed by atoms with Crippen LogP contribution in [0.15, 0.2) is 40.9 Å². The van der Waals surface area contributed by atoms with Crippen molar-refractivity contribution in [2.24, 2.45) is 11.7 Å². The molecule has 3 aromatic rings. The molecule has 1 unspecified atom stereocenters. The van der Waals surface area contributed by atoms with Crippen molar-refractivity contribution >= 4 is 21.6 Å². The molecular weight excluding hydrogens is 330 g/mol. The Bertz CT molecular complexity index is 763. The van der Waals surface area contributed by atoms with Crippen LogP contribution in [0.25, 0.3) is 16.9 Å². The molecule has 6 heteroatoms. The third kappa shape index (κ3) is 2.69. The summed E-state index contributed by atoms with van der Waals surface area (Å²) in [5.74, 6) is 0.967. The number of nitrogens with zero attached hydrogens (tertiary/aromatic N) is 4. The summed E-state index contributed by atoms with van der Waals surface area (Å²) in [6.07, 6.45) is 0.